The van der Waals surface area contributed by atoms with Gasteiger partial charge < -0.3 is 9.64 Å². The molecule has 0 bridgehead atoms. The molecule has 2 heterocycles. The molecule has 0 radical (unpaired) electrons. The van der Waals surface area contributed by atoms with Crippen LogP contribution in [0.3, 0.4) is 0 Å². The van der Waals surface area contributed by atoms with E-state index in [0.717, 1.165) is 5.56 Å². The number of carbonyl (C=O) groups excluding carboxylic acids is 1. The van der Waals surface area contributed by atoms with Crippen molar-refractivity contribution in [2.45, 2.75) is 12.8 Å². The Morgan fingerprint density at radius 3 is 2.75 bits per heavy atom. The highest BCUT2D eigenvalue weighted by molar-refractivity contribution is 5.97. The SMILES string of the molecule is COc1ccc(F)c(CC2CCN(c3ccc(-c4cn[nH]c4)cc3F)C2=O)c1. The second kappa shape index (κ2) is 7.42. The van der Waals surface area contributed by atoms with Crippen molar-refractivity contribution < 1.29 is 18.3 Å². The molecule has 1 N–H and O–H groups in total. The Morgan fingerprint density at radius 2 is 2.04 bits per heavy atom. The van der Waals surface area contributed by atoms with Crippen molar-refractivity contribution in [1.29, 1.82) is 0 Å². The number of hydrogen-bond acceptors (Lipinski definition) is 3. The van der Waals surface area contributed by atoms with Gasteiger partial charge in [-0.05, 0) is 54.3 Å². The highest BCUT2D eigenvalue weighted by Crippen LogP contribution is 2.32. The number of ether oxygens (including phenoxy) is 1. The molecule has 0 spiro atoms. The summed E-state index contributed by atoms with van der Waals surface area (Å²) in [6.07, 6.45) is 4.08. The number of nitrogens with one attached hydrogen (secondary N) is 1. The highest BCUT2D eigenvalue weighted by Gasteiger charge is 2.34. The molecule has 1 amide bonds. The van der Waals surface area contributed by atoms with Gasteiger partial charge in [0.1, 0.15) is 17.4 Å². The quantitative estimate of drug-likeness (QED) is 0.726. The monoisotopic (exact) mass is 383 g/mol. The summed E-state index contributed by atoms with van der Waals surface area (Å²) in [6, 6.07) is 9.22. The molecule has 1 fully saturated rings. The molecule has 1 saturated heterocycles. The molecule has 3 aromatic rings. The fraction of sp³-hybridized carbons (Fsp3) is 0.238. The summed E-state index contributed by atoms with van der Waals surface area (Å²) in [7, 11) is 1.51. The molecule has 1 unspecified atom stereocenters. The second-order valence-corrected chi connectivity index (χ2v) is 6.79. The number of methoxy groups -OCH3 is 1. The lowest BCUT2D eigenvalue weighted by Gasteiger charge is -2.18. The number of hydrogen-bond donors (Lipinski definition) is 1. The summed E-state index contributed by atoms with van der Waals surface area (Å²) in [6.45, 7) is 0.400. The van der Waals surface area contributed by atoms with E-state index in [1.165, 1.54) is 24.1 Å². The molecule has 1 aromatic heterocycles. The summed E-state index contributed by atoms with van der Waals surface area (Å²) < 4.78 is 33.9. The van der Waals surface area contributed by atoms with Gasteiger partial charge in [0.2, 0.25) is 5.91 Å². The van der Waals surface area contributed by atoms with Crippen molar-refractivity contribution in [2.24, 2.45) is 5.92 Å². The molecule has 0 saturated carbocycles. The van der Waals surface area contributed by atoms with Gasteiger partial charge in [0, 0.05) is 24.2 Å². The molecule has 1 aliphatic heterocycles. The van der Waals surface area contributed by atoms with Gasteiger partial charge in [-0.2, -0.15) is 5.10 Å². The summed E-state index contributed by atoms with van der Waals surface area (Å²) in [5.41, 5.74) is 2.11. The van der Waals surface area contributed by atoms with Gasteiger partial charge in [0.05, 0.1) is 19.0 Å². The molecule has 1 aliphatic rings. The van der Waals surface area contributed by atoms with E-state index >= 15 is 0 Å². The van der Waals surface area contributed by atoms with E-state index < -0.39 is 11.7 Å². The number of benzene rings is 2. The molecule has 1 atom stereocenters. The van der Waals surface area contributed by atoms with Gasteiger partial charge in [-0.3, -0.25) is 9.89 Å². The van der Waals surface area contributed by atoms with Crippen molar-refractivity contribution in [3.05, 3.63) is 66.0 Å². The van der Waals surface area contributed by atoms with E-state index in [9.17, 15) is 13.6 Å². The van der Waals surface area contributed by atoms with Crippen molar-refractivity contribution >= 4 is 11.6 Å². The summed E-state index contributed by atoms with van der Waals surface area (Å²) >= 11 is 0. The van der Waals surface area contributed by atoms with Crippen molar-refractivity contribution in [3.63, 3.8) is 0 Å². The largest absolute Gasteiger partial charge is 0.497 e. The van der Waals surface area contributed by atoms with Crippen LogP contribution in [0.5, 0.6) is 5.75 Å². The van der Waals surface area contributed by atoms with Crippen molar-refractivity contribution in [3.8, 4) is 16.9 Å². The van der Waals surface area contributed by atoms with Gasteiger partial charge >= 0.3 is 0 Å². The first-order chi connectivity index (χ1) is 13.6. The molecular weight excluding hydrogens is 364 g/mol. The first-order valence-corrected chi connectivity index (χ1v) is 8.99. The minimum atomic E-state index is -0.472. The van der Waals surface area contributed by atoms with Crippen LogP contribution in [0.25, 0.3) is 11.1 Å². The van der Waals surface area contributed by atoms with E-state index in [1.54, 1.807) is 36.7 Å². The predicted molar refractivity (Wildman–Crippen MR) is 101 cm³/mol. The maximum Gasteiger partial charge on any atom is 0.230 e. The van der Waals surface area contributed by atoms with E-state index in [1.807, 2.05) is 0 Å². The Morgan fingerprint density at radius 1 is 1.18 bits per heavy atom. The Balaban J connectivity index is 1.53. The molecular formula is C21H19F2N3O2. The van der Waals surface area contributed by atoms with E-state index in [2.05, 4.69) is 10.2 Å². The fourth-order valence-corrected chi connectivity index (χ4v) is 3.58. The number of rotatable bonds is 5. The minimum absolute atomic E-state index is 0.197. The van der Waals surface area contributed by atoms with Crippen LogP contribution in [-0.4, -0.2) is 29.8 Å². The predicted octanol–water partition coefficient (Wildman–Crippen LogP) is 3.96. The smallest absolute Gasteiger partial charge is 0.230 e. The van der Waals surface area contributed by atoms with Crippen LogP contribution < -0.4 is 9.64 Å². The maximum absolute atomic E-state index is 14.7. The van der Waals surface area contributed by atoms with Crippen LogP contribution in [0.15, 0.2) is 48.8 Å². The Hall–Kier alpha value is -3.22. The van der Waals surface area contributed by atoms with E-state index in [-0.39, 0.29) is 23.8 Å². The number of aromatic nitrogens is 2. The molecule has 5 nitrogen and oxygen atoms in total. The van der Waals surface area contributed by atoms with Crippen LogP contribution in [0.4, 0.5) is 14.5 Å². The average Bonchev–Trinajstić information content (AvgIpc) is 3.35. The summed E-state index contributed by atoms with van der Waals surface area (Å²) in [5, 5.41) is 6.55. The van der Waals surface area contributed by atoms with E-state index in [4.69, 9.17) is 4.74 Å². The van der Waals surface area contributed by atoms with Crippen LogP contribution in [0.1, 0.15) is 12.0 Å². The topological polar surface area (TPSA) is 58.2 Å². The number of halogens is 2. The highest BCUT2D eigenvalue weighted by atomic mass is 19.1. The third-order valence-electron chi connectivity index (χ3n) is 5.11. The van der Waals surface area contributed by atoms with Crippen molar-refractivity contribution in [2.75, 3.05) is 18.6 Å². The number of aromatic amines is 1. The Kier molecular flexibility index (Phi) is 4.81. The number of amides is 1. The molecule has 7 heteroatoms. The Bertz CT molecular complexity index is 1000. The minimum Gasteiger partial charge on any atom is -0.497 e. The molecule has 0 aliphatic carbocycles. The maximum atomic E-state index is 14.7. The standard InChI is InChI=1S/C21H19F2N3O2/c1-28-17-3-4-18(22)15(9-17)8-14-6-7-26(21(14)27)20-5-2-13(10-19(20)23)16-11-24-25-12-16/h2-5,9-12,14H,6-8H2,1H3,(H,24,25). The number of anilines is 1. The number of nitrogens with zero attached hydrogens (tertiary/aromatic N) is 2. The van der Waals surface area contributed by atoms with E-state index in [0.29, 0.717) is 29.8 Å². The summed E-state index contributed by atoms with van der Waals surface area (Å²) in [5.74, 6) is -0.894. The van der Waals surface area contributed by atoms with Gasteiger partial charge in [0.25, 0.3) is 0 Å². The number of carbonyl (C=O) groups is 1. The lowest BCUT2D eigenvalue weighted by atomic mass is 9.97. The third-order valence-corrected chi connectivity index (χ3v) is 5.11. The van der Waals surface area contributed by atoms with Gasteiger partial charge in [-0.25, -0.2) is 8.78 Å². The lowest BCUT2D eigenvalue weighted by molar-refractivity contribution is -0.120. The molecule has 144 valence electrons. The lowest BCUT2D eigenvalue weighted by Crippen LogP contribution is -2.28. The van der Waals surface area contributed by atoms with Crippen LogP contribution in [0.2, 0.25) is 0 Å². The average molecular weight is 383 g/mol. The zero-order valence-corrected chi connectivity index (χ0v) is 15.3. The zero-order valence-electron chi connectivity index (χ0n) is 15.3. The van der Waals surface area contributed by atoms with Crippen molar-refractivity contribution in [1.82, 2.24) is 10.2 Å². The van der Waals surface area contributed by atoms with Crippen LogP contribution in [0, 0.1) is 17.6 Å². The normalized spacial score (nSPS) is 16.6. The zero-order chi connectivity index (χ0) is 19.7. The number of H-pyrrole nitrogens is 1. The third kappa shape index (κ3) is 3.35. The molecule has 4 rings (SSSR count). The fourth-order valence-electron chi connectivity index (χ4n) is 3.58. The molecule has 28 heavy (non-hydrogen) atoms. The van der Waals surface area contributed by atoms with Gasteiger partial charge in [-0.15, -0.1) is 0 Å². The summed E-state index contributed by atoms with van der Waals surface area (Å²) in [4.78, 5) is 14.3. The van der Waals surface area contributed by atoms with Gasteiger partial charge in [-0.1, -0.05) is 6.07 Å². The van der Waals surface area contributed by atoms with Gasteiger partial charge in [0.15, 0.2) is 0 Å². The molecule has 2 aromatic carbocycles. The first-order valence-electron chi connectivity index (χ1n) is 8.99. The first kappa shape index (κ1) is 18.2. The van der Waals surface area contributed by atoms with Crippen LogP contribution in [-0.2, 0) is 11.2 Å². The Labute approximate surface area is 160 Å². The van der Waals surface area contributed by atoms with Crippen LogP contribution >= 0.6 is 0 Å². The second-order valence-electron chi connectivity index (χ2n) is 6.79.